The maximum Gasteiger partial charge on any atom is 0.289 e. The molecule has 2 rings (SSSR count). The second kappa shape index (κ2) is 7.67. The van der Waals surface area contributed by atoms with Gasteiger partial charge in [0.1, 0.15) is 0 Å². The van der Waals surface area contributed by atoms with Crippen LogP contribution in [0.2, 0.25) is 0 Å². The van der Waals surface area contributed by atoms with E-state index in [0.717, 1.165) is 31.5 Å². The van der Waals surface area contributed by atoms with E-state index in [-0.39, 0.29) is 5.91 Å². The predicted octanol–water partition coefficient (Wildman–Crippen LogP) is 4.52. The molecule has 2 heterocycles. The van der Waals surface area contributed by atoms with Crippen molar-refractivity contribution in [3.05, 3.63) is 23.7 Å². The molecule has 1 aromatic heterocycles. The Hall–Kier alpha value is -1.25. The van der Waals surface area contributed by atoms with Crippen LogP contribution in [-0.4, -0.2) is 23.9 Å². The third kappa shape index (κ3) is 4.12. The Morgan fingerprint density at radius 1 is 1.24 bits per heavy atom. The standard InChI is InChI=1S/C18H29NO2/c1-4-7-16-9-8-14(5-2)11-19(12-16)18(20)17-10-15(6-3)13-21-17/h10,13-14,16H,4-9,11-12H2,1-3H3. The van der Waals surface area contributed by atoms with Crippen molar-refractivity contribution in [3.63, 3.8) is 0 Å². The summed E-state index contributed by atoms with van der Waals surface area (Å²) in [4.78, 5) is 14.8. The van der Waals surface area contributed by atoms with Gasteiger partial charge in [0.2, 0.25) is 0 Å². The zero-order valence-corrected chi connectivity index (χ0v) is 13.7. The SMILES string of the molecule is CCCC1CCC(CC)CN(C(=O)c2cc(CC)co2)C1. The minimum Gasteiger partial charge on any atom is -0.459 e. The molecule has 2 atom stereocenters. The molecule has 0 radical (unpaired) electrons. The number of hydrogen-bond donors (Lipinski definition) is 0. The Morgan fingerprint density at radius 3 is 2.57 bits per heavy atom. The summed E-state index contributed by atoms with van der Waals surface area (Å²) in [5.41, 5.74) is 1.10. The molecule has 1 fully saturated rings. The van der Waals surface area contributed by atoms with Gasteiger partial charge in [0, 0.05) is 13.1 Å². The first-order valence-electron chi connectivity index (χ1n) is 8.54. The summed E-state index contributed by atoms with van der Waals surface area (Å²) in [6.07, 6.45) is 8.71. The molecular formula is C18H29NO2. The summed E-state index contributed by atoms with van der Waals surface area (Å²) < 4.78 is 5.48. The van der Waals surface area contributed by atoms with E-state index in [1.165, 1.54) is 25.7 Å². The van der Waals surface area contributed by atoms with Crippen LogP contribution in [0.3, 0.4) is 0 Å². The van der Waals surface area contributed by atoms with E-state index in [1.807, 2.05) is 11.0 Å². The van der Waals surface area contributed by atoms with Crippen LogP contribution < -0.4 is 0 Å². The highest BCUT2D eigenvalue weighted by molar-refractivity contribution is 5.91. The molecule has 0 N–H and O–H groups in total. The first-order chi connectivity index (χ1) is 10.2. The zero-order chi connectivity index (χ0) is 15.2. The van der Waals surface area contributed by atoms with Crippen LogP contribution in [0.5, 0.6) is 0 Å². The minimum absolute atomic E-state index is 0.0798. The predicted molar refractivity (Wildman–Crippen MR) is 85.4 cm³/mol. The molecule has 1 saturated heterocycles. The average Bonchev–Trinajstić information content (AvgIpc) is 2.88. The van der Waals surface area contributed by atoms with Crippen LogP contribution in [0.15, 0.2) is 16.7 Å². The Balaban J connectivity index is 2.11. The van der Waals surface area contributed by atoms with E-state index in [9.17, 15) is 4.79 Å². The highest BCUT2D eigenvalue weighted by Gasteiger charge is 2.28. The van der Waals surface area contributed by atoms with Crippen molar-refractivity contribution in [1.29, 1.82) is 0 Å². The average molecular weight is 291 g/mol. The van der Waals surface area contributed by atoms with E-state index in [1.54, 1.807) is 6.26 Å². The van der Waals surface area contributed by atoms with Gasteiger partial charge in [-0.15, -0.1) is 0 Å². The van der Waals surface area contributed by atoms with E-state index in [2.05, 4.69) is 20.8 Å². The van der Waals surface area contributed by atoms with Crippen LogP contribution >= 0.6 is 0 Å². The van der Waals surface area contributed by atoms with Gasteiger partial charge in [-0.3, -0.25) is 4.79 Å². The second-order valence-corrected chi connectivity index (χ2v) is 6.39. The van der Waals surface area contributed by atoms with E-state index in [4.69, 9.17) is 4.42 Å². The summed E-state index contributed by atoms with van der Waals surface area (Å²) in [6, 6.07) is 1.91. The zero-order valence-electron chi connectivity index (χ0n) is 13.7. The van der Waals surface area contributed by atoms with Crippen molar-refractivity contribution in [2.24, 2.45) is 11.8 Å². The third-order valence-electron chi connectivity index (χ3n) is 4.77. The lowest BCUT2D eigenvalue weighted by molar-refractivity contribution is 0.0686. The Kier molecular flexibility index (Phi) is 5.89. The molecular weight excluding hydrogens is 262 g/mol. The van der Waals surface area contributed by atoms with Crippen molar-refractivity contribution in [2.45, 2.75) is 59.3 Å². The molecule has 118 valence electrons. The molecule has 1 aromatic rings. The molecule has 0 aromatic carbocycles. The van der Waals surface area contributed by atoms with Crippen molar-refractivity contribution in [2.75, 3.05) is 13.1 Å². The largest absolute Gasteiger partial charge is 0.459 e. The van der Waals surface area contributed by atoms with Gasteiger partial charge in [0.15, 0.2) is 5.76 Å². The maximum atomic E-state index is 12.7. The molecule has 0 spiro atoms. The van der Waals surface area contributed by atoms with Crippen LogP contribution in [-0.2, 0) is 6.42 Å². The summed E-state index contributed by atoms with van der Waals surface area (Å²) in [6.45, 7) is 8.32. The quantitative estimate of drug-likeness (QED) is 0.799. The first-order valence-corrected chi connectivity index (χ1v) is 8.54. The molecule has 0 aliphatic carbocycles. The highest BCUT2D eigenvalue weighted by atomic mass is 16.3. The fraction of sp³-hybridized carbons (Fsp3) is 0.722. The number of furan rings is 1. The lowest BCUT2D eigenvalue weighted by atomic mass is 9.94. The topological polar surface area (TPSA) is 33.5 Å². The van der Waals surface area contributed by atoms with Crippen molar-refractivity contribution in [3.8, 4) is 0 Å². The van der Waals surface area contributed by atoms with Crippen LogP contribution in [0, 0.1) is 11.8 Å². The van der Waals surface area contributed by atoms with Gasteiger partial charge < -0.3 is 9.32 Å². The number of aryl methyl sites for hydroxylation is 1. The molecule has 21 heavy (non-hydrogen) atoms. The smallest absolute Gasteiger partial charge is 0.289 e. The van der Waals surface area contributed by atoms with Crippen LogP contribution in [0.4, 0.5) is 0 Å². The lowest BCUT2D eigenvalue weighted by Gasteiger charge is -2.25. The number of hydrogen-bond acceptors (Lipinski definition) is 2. The summed E-state index contributed by atoms with van der Waals surface area (Å²) in [7, 11) is 0. The second-order valence-electron chi connectivity index (χ2n) is 6.39. The molecule has 0 saturated carbocycles. The summed E-state index contributed by atoms with van der Waals surface area (Å²) in [5.74, 6) is 1.88. The molecule has 1 aliphatic heterocycles. The number of amides is 1. The van der Waals surface area contributed by atoms with Crippen molar-refractivity contribution < 1.29 is 9.21 Å². The number of carbonyl (C=O) groups excluding carboxylic acids is 1. The molecule has 3 heteroatoms. The molecule has 0 bridgehead atoms. The number of rotatable bonds is 5. The van der Waals surface area contributed by atoms with Gasteiger partial charge in [-0.25, -0.2) is 0 Å². The van der Waals surface area contributed by atoms with Crippen molar-refractivity contribution >= 4 is 5.91 Å². The lowest BCUT2D eigenvalue weighted by Crippen LogP contribution is -2.36. The molecule has 2 unspecified atom stereocenters. The van der Waals surface area contributed by atoms with E-state index in [0.29, 0.717) is 17.6 Å². The maximum absolute atomic E-state index is 12.7. The van der Waals surface area contributed by atoms with Crippen LogP contribution in [0.1, 0.15) is 69.0 Å². The van der Waals surface area contributed by atoms with Gasteiger partial charge in [-0.05, 0) is 49.1 Å². The monoisotopic (exact) mass is 291 g/mol. The van der Waals surface area contributed by atoms with Crippen molar-refractivity contribution in [1.82, 2.24) is 4.90 Å². The number of nitrogens with zero attached hydrogens (tertiary/aromatic N) is 1. The number of carbonyl (C=O) groups is 1. The molecule has 1 aliphatic rings. The Bertz CT molecular complexity index is 452. The summed E-state index contributed by atoms with van der Waals surface area (Å²) in [5, 5.41) is 0. The minimum atomic E-state index is 0.0798. The first kappa shape index (κ1) is 16.1. The normalized spacial score (nSPS) is 23.1. The number of likely N-dealkylation sites (tertiary alicyclic amines) is 1. The van der Waals surface area contributed by atoms with Gasteiger partial charge in [-0.1, -0.05) is 33.6 Å². The Morgan fingerprint density at radius 2 is 1.95 bits per heavy atom. The van der Waals surface area contributed by atoms with Crippen LogP contribution in [0.25, 0.3) is 0 Å². The van der Waals surface area contributed by atoms with Gasteiger partial charge in [0.05, 0.1) is 6.26 Å². The summed E-state index contributed by atoms with van der Waals surface area (Å²) >= 11 is 0. The third-order valence-corrected chi connectivity index (χ3v) is 4.77. The fourth-order valence-electron chi connectivity index (χ4n) is 3.32. The molecule has 1 amide bonds. The Labute approximate surface area is 128 Å². The molecule has 3 nitrogen and oxygen atoms in total. The van der Waals surface area contributed by atoms with E-state index >= 15 is 0 Å². The van der Waals surface area contributed by atoms with Gasteiger partial charge >= 0.3 is 0 Å². The highest BCUT2D eigenvalue weighted by Crippen LogP contribution is 2.27. The fourth-order valence-corrected chi connectivity index (χ4v) is 3.32. The van der Waals surface area contributed by atoms with E-state index < -0.39 is 0 Å². The van der Waals surface area contributed by atoms with Gasteiger partial charge in [0.25, 0.3) is 5.91 Å². The van der Waals surface area contributed by atoms with Gasteiger partial charge in [-0.2, -0.15) is 0 Å².